The Kier molecular flexibility index (Phi) is 10.6. The molecule has 2 aromatic heterocycles. The molecule has 7 N–H and O–H groups in total. The molecule has 4 heterocycles. The van der Waals surface area contributed by atoms with E-state index in [4.69, 9.17) is 10.6 Å². The fraction of sp³-hybridized carbons (Fsp3) is 0.333. The minimum absolute atomic E-state index is 0. The summed E-state index contributed by atoms with van der Waals surface area (Å²) in [6.45, 7) is 2.44. The summed E-state index contributed by atoms with van der Waals surface area (Å²) in [6, 6.07) is -1.15. The molecule has 2 atom stereocenters. The van der Waals surface area contributed by atoms with E-state index < -0.39 is 57.9 Å². The van der Waals surface area contributed by atoms with E-state index in [0.717, 1.165) is 39.5 Å². The number of thioether (sulfide) groups is 2. The molecule has 0 radical (unpaired) electrons. The Morgan fingerprint density at radius 3 is 2.52 bits per heavy atom. The average molecular weight is 668 g/mol. The molecule has 0 bridgehead atoms. The molecule has 2 unspecified atom stereocenters. The number of thiazole rings is 1. The Labute approximate surface area is 274 Å². The fourth-order valence-corrected chi connectivity index (χ4v) is 7.64. The first-order valence-corrected chi connectivity index (χ1v) is 14.9. The number of aromatic carboxylic acids is 1. The van der Waals surface area contributed by atoms with Gasteiger partial charge in [0.25, 0.3) is 17.4 Å². The molecule has 0 saturated carbocycles. The minimum Gasteiger partial charge on any atom is -0.478 e. The van der Waals surface area contributed by atoms with Crippen LogP contribution in [0.1, 0.15) is 29.1 Å². The van der Waals surface area contributed by atoms with Crippen LogP contribution in [-0.2, 0) is 24.0 Å². The summed E-state index contributed by atoms with van der Waals surface area (Å²) in [4.78, 5) is 83.0. The minimum atomic E-state index is -1.79. The van der Waals surface area contributed by atoms with Crippen LogP contribution in [0.2, 0.25) is 0 Å². The SMILES string of the molecule is CC(C)(O/N=C(/C(=O)NC1C(=O)N2C(C(=O)O)=C(CSc3s[nH]c(=O)c3C(=O)O)CSC12)c1cnc(N)s1)C(=O)O.[Na+]. The third-order valence-corrected chi connectivity index (χ3v) is 10.1. The van der Waals surface area contributed by atoms with Gasteiger partial charge in [-0.1, -0.05) is 28.0 Å². The molecule has 1 fully saturated rings. The number of nitrogen functional groups attached to an aromatic ring is 1. The zero-order valence-corrected chi connectivity index (χ0v) is 27.2. The van der Waals surface area contributed by atoms with Gasteiger partial charge < -0.3 is 31.2 Å². The summed E-state index contributed by atoms with van der Waals surface area (Å²) >= 11 is 3.81. The molecule has 2 amide bonds. The van der Waals surface area contributed by atoms with Crippen molar-refractivity contribution in [2.45, 2.75) is 35.1 Å². The summed E-state index contributed by atoms with van der Waals surface area (Å²) in [5, 5.41) is 34.0. The average Bonchev–Trinajstić information content (AvgIpc) is 3.50. The largest absolute Gasteiger partial charge is 1.00 e. The van der Waals surface area contributed by atoms with Gasteiger partial charge in [-0.25, -0.2) is 19.4 Å². The summed E-state index contributed by atoms with van der Waals surface area (Å²) < 4.78 is 2.49. The summed E-state index contributed by atoms with van der Waals surface area (Å²) in [5.41, 5.74) is 2.29. The molecular weight excluding hydrogens is 648 g/mol. The van der Waals surface area contributed by atoms with E-state index >= 15 is 0 Å². The van der Waals surface area contributed by atoms with Crippen LogP contribution in [0.25, 0.3) is 0 Å². The number of hydrogen-bond donors (Lipinski definition) is 6. The maximum absolute atomic E-state index is 13.2. The quantitative estimate of drug-likeness (QED) is 0.0469. The topological polar surface area (TPSA) is 255 Å². The predicted molar refractivity (Wildman–Crippen MR) is 148 cm³/mol. The molecule has 42 heavy (non-hydrogen) atoms. The number of β-lactam (4-membered cyclic amide) rings is 1. The second kappa shape index (κ2) is 13.2. The second-order valence-corrected chi connectivity index (χ2v) is 13.0. The number of carbonyl (C=O) groups is 5. The van der Waals surface area contributed by atoms with Crippen LogP contribution in [0.5, 0.6) is 0 Å². The fourth-order valence-electron chi connectivity index (χ4n) is 3.52. The number of nitrogens with two attached hydrogens (primary N) is 1. The van der Waals surface area contributed by atoms with Crippen molar-refractivity contribution in [3.8, 4) is 0 Å². The van der Waals surface area contributed by atoms with Gasteiger partial charge in [0.1, 0.15) is 17.1 Å². The number of carboxylic acid groups (broad SMARTS) is 3. The van der Waals surface area contributed by atoms with Crippen molar-refractivity contribution >= 4 is 87.0 Å². The standard InChI is InChI=1S/C21H20N6O10S4.Na/c1-21(2,19(35)36)37-25-9(7-3-23-20(22)40-7)13(29)24-10-14(30)27-11(17(33)34)6(4-38-15(10)27)5-39-18-8(16(31)32)12(28)26-41-18;/h3,10,15H,4-5H2,1-2H3,(H2,22,23)(H,24,29)(H,26,28)(H,31,32)(H,33,34)(H,35,36);/q;+1/b25-9+;. The number of H-pyrrole nitrogens is 1. The van der Waals surface area contributed by atoms with Crippen LogP contribution >= 0.6 is 46.4 Å². The summed E-state index contributed by atoms with van der Waals surface area (Å²) in [5.74, 6) is -5.65. The molecule has 4 rings (SSSR count). The van der Waals surface area contributed by atoms with Crippen molar-refractivity contribution in [1.82, 2.24) is 19.6 Å². The molecular formula is C21H20N6NaO10S4+. The van der Waals surface area contributed by atoms with Crippen LogP contribution in [0.4, 0.5) is 5.13 Å². The third-order valence-electron chi connectivity index (χ3n) is 5.65. The molecule has 2 aromatic rings. The van der Waals surface area contributed by atoms with Gasteiger partial charge in [-0.15, -0.1) is 23.5 Å². The smallest absolute Gasteiger partial charge is 0.478 e. The number of aromatic nitrogens is 2. The number of aromatic amines is 1. The van der Waals surface area contributed by atoms with E-state index in [-0.39, 0.29) is 66.7 Å². The molecule has 1 saturated heterocycles. The molecule has 2 aliphatic rings. The summed E-state index contributed by atoms with van der Waals surface area (Å²) in [6.07, 6.45) is 1.23. The number of anilines is 1. The van der Waals surface area contributed by atoms with Gasteiger partial charge in [0.2, 0.25) is 5.60 Å². The van der Waals surface area contributed by atoms with Gasteiger partial charge in [-0.05, 0) is 19.4 Å². The van der Waals surface area contributed by atoms with Crippen LogP contribution in [0.15, 0.2) is 31.6 Å². The zero-order valence-electron chi connectivity index (χ0n) is 21.9. The van der Waals surface area contributed by atoms with E-state index in [1.807, 2.05) is 0 Å². The normalized spacial score (nSPS) is 18.5. The number of carboxylic acids is 3. The van der Waals surface area contributed by atoms with Gasteiger partial charge >= 0.3 is 47.5 Å². The zero-order chi connectivity index (χ0) is 30.2. The molecule has 16 nitrogen and oxygen atoms in total. The number of nitrogens with zero attached hydrogens (tertiary/aromatic N) is 3. The number of carbonyl (C=O) groups excluding carboxylic acids is 2. The maximum atomic E-state index is 13.2. The van der Waals surface area contributed by atoms with E-state index in [1.54, 1.807) is 0 Å². The Morgan fingerprint density at radius 2 is 1.95 bits per heavy atom. The Bertz CT molecular complexity index is 1580. The first kappa shape index (κ1) is 33.6. The number of rotatable bonds is 11. The summed E-state index contributed by atoms with van der Waals surface area (Å²) in [7, 11) is 0. The number of fused-ring (bicyclic) bond motifs is 1. The van der Waals surface area contributed by atoms with Gasteiger partial charge in [-0.3, -0.25) is 23.7 Å². The molecule has 2 aliphatic heterocycles. The van der Waals surface area contributed by atoms with Crippen molar-refractivity contribution in [2.75, 3.05) is 17.2 Å². The van der Waals surface area contributed by atoms with Gasteiger partial charge in [0, 0.05) is 17.7 Å². The number of amides is 2. The molecule has 21 heteroatoms. The van der Waals surface area contributed by atoms with E-state index in [1.165, 1.54) is 31.8 Å². The van der Waals surface area contributed by atoms with Gasteiger partial charge in [-0.2, -0.15) is 0 Å². The van der Waals surface area contributed by atoms with Crippen molar-refractivity contribution in [1.29, 1.82) is 0 Å². The van der Waals surface area contributed by atoms with E-state index in [2.05, 4.69) is 19.8 Å². The van der Waals surface area contributed by atoms with E-state index in [0.29, 0.717) is 5.57 Å². The van der Waals surface area contributed by atoms with E-state index in [9.17, 15) is 44.1 Å². The van der Waals surface area contributed by atoms with Crippen LogP contribution in [0, 0.1) is 0 Å². The Morgan fingerprint density at radius 1 is 1.26 bits per heavy atom. The van der Waals surface area contributed by atoms with Gasteiger partial charge in [0.15, 0.2) is 16.4 Å². The van der Waals surface area contributed by atoms with Crippen LogP contribution < -0.4 is 46.2 Å². The predicted octanol–water partition coefficient (Wildman–Crippen LogP) is -2.71. The first-order chi connectivity index (χ1) is 19.2. The third kappa shape index (κ3) is 6.68. The van der Waals surface area contributed by atoms with Crippen LogP contribution in [-0.4, -0.2) is 93.5 Å². The molecule has 0 aliphatic carbocycles. The Hall–Kier alpha value is -2.88. The monoisotopic (exact) mass is 667 g/mol. The van der Waals surface area contributed by atoms with Crippen molar-refractivity contribution in [3.63, 3.8) is 0 Å². The molecule has 0 spiro atoms. The molecule has 0 aromatic carbocycles. The van der Waals surface area contributed by atoms with Crippen molar-refractivity contribution in [3.05, 3.63) is 38.3 Å². The van der Waals surface area contributed by atoms with Gasteiger partial charge in [0.05, 0.1) is 9.09 Å². The van der Waals surface area contributed by atoms with Crippen molar-refractivity contribution < 1.29 is 73.7 Å². The molecule has 218 valence electrons. The number of oxime groups is 1. The number of aliphatic carboxylic acids is 2. The van der Waals surface area contributed by atoms with Crippen molar-refractivity contribution in [2.24, 2.45) is 5.16 Å². The first-order valence-electron chi connectivity index (χ1n) is 11.2. The second-order valence-electron chi connectivity index (χ2n) is 8.82. The Balaban J connectivity index is 0.00000484. The number of nitrogens with one attached hydrogen (secondary N) is 2. The van der Waals surface area contributed by atoms with Crippen LogP contribution in [0.3, 0.4) is 0 Å². The number of hydrogen-bond acceptors (Lipinski definition) is 14. The maximum Gasteiger partial charge on any atom is 1.00 e.